The van der Waals surface area contributed by atoms with E-state index < -0.39 is 23.0 Å². The third-order valence-electron chi connectivity index (χ3n) is 10.1. The van der Waals surface area contributed by atoms with Crippen LogP contribution in [0.1, 0.15) is 90.0 Å². The minimum absolute atomic E-state index is 0.0135. The Kier molecular flexibility index (Phi) is 11.2. The fourth-order valence-corrected chi connectivity index (χ4v) is 5.86. The van der Waals surface area contributed by atoms with Crippen molar-refractivity contribution in [2.75, 3.05) is 10.3 Å². The average Bonchev–Trinajstić information content (AvgIpc) is 3.46. The van der Waals surface area contributed by atoms with Crippen LogP contribution in [0.25, 0.3) is 0 Å². The van der Waals surface area contributed by atoms with Gasteiger partial charge in [-0.05, 0) is 85.0 Å². The quantitative estimate of drug-likeness (QED) is 0.103. The van der Waals surface area contributed by atoms with Gasteiger partial charge < -0.3 is 14.8 Å². The van der Waals surface area contributed by atoms with Crippen molar-refractivity contribution in [2.24, 2.45) is 5.10 Å². The van der Waals surface area contributed by atoms with Crippen LogP contribution in [0.3, 0.4) is 0 Å². The SMILES string of the molecule is CCC(Oc1ccc(C(C)(C)CC)cc1C(C)(C)CC)C(=O)Nc1ccccc1N1N=C(c2ccc([N+](=O)[O-])cc2)C(Oc2ccc(C)cc2)C1=O. The molecule has 0 fully saturated rings. The number of non-ortho nitro benzene ring substituents is 1. The second-order valence-electron chi connectivity index (χ2n) is 14.5. The number of para-hydroxylation sites is 2. The molecule has 10 heteroatoms. The number of amides is 2. The number of anilines is 2. The minimum atomic E-state index is -1.15. The molecule has 0 aromatic heterocycles. The molecule has 0 bridgehead atoms. The van der Waals surface area contributed by atoms with Crippen LogP contribution < -0.4 is 19.8 Å². The number of carbonyl (C=O) groups is 2. The molecule has 0 radical (unpaired) electrons. The van der Waals surface area contributed by atoms with Gasteiger partial charge in [-0.15, -0.1) is 0 Å². The number of hydrazone groups is 1. The molecule has 0 spiro atoms. The molecule has 0 saturated heterocycles. The molecule has 1 aliphatic rings. The molecule has 0 aliphatic carbocycles. The van der Waals surface area contributed by atoms with Crippen molar-refractivity contribution < 1.29 is 24.0 Å². The first-order chi connectivity index (χ1) is 24.7. The maximum atomic E-state index is 14.1. The smallest absolute Gasteiger partial charge is 0.294 e. The standard InChI is InChI=1S/C42H48N4O6/c1-9-35(52-36-25-20-29(41(5,6)10-2)26-32(36)42(7,8)11-3)39(47)43-33-14-12-13-15-34(33)45-40(48)38(51-31-23-16-27(4)17-24-31)37(44-45)28-18-21-30(22-19-28)46(49)50/h12-26,35,38H,9-11H2,1-8H3,(H,43,47). The second-order valence-corrected chi connectivity index (χ2v) is 14.5. The topological polar surface area (TPSA) is 123 Å². The van der Waals surface area contributed by atoms with Crippen LogP contribution in [0.4, 0.5) is 17.1 Å². The van der Waals surface area contributed by atoms with E-state index in [2.05, 4.69) is 64.1 Å². The molecule has 4 aromatic rings. The zero-order chi connectivity index (χ0) is 37.8. The van der Waals surface area contributed by atoms with E-state index >= 15 is 0 Å². The van der Waals surface area contributed by atoms with Crippen LogP contribution in [-0.2, 0) is 20.4 Å². The number of nitrogens with one attached hydrogen (secondary N) is 1. The van der Waals surface area contributed by atoms with E-state index in [1.165, 1.54) is 22.7 Å². The summed E-state index contributed by atoms with van der Waals surface area (Å²) >= 11 is 0. The van der Waals surface area contributed by atoms with Crippen molar-refractivity contribution >= 4 is 34.6 Å². The molecular weight excluding hydrogens is 656 g/mol. The minimum Gasteiger partial charge on any atom is -0.480 e. The van der Waals surface area contributed by atoms with E-state index in [-0.39, 0.29) is 28.1 Å². The fourth-order valence-electron chi connectivity index (χ4n) is 5.86. The number of nitrogens with zero attached hydrogens (tertiary/aromatic N) is 3. The lowest BCUT2D eigenvalue weighted by Crippen LogP contribution is -2.37. The molecule has 2 amide bonds. The Morgan fingerprint density at radius 2 is 1.58 bits per heavy atom. The van der Waals surface area contributed by atoms with Gasteiger partial charge in [0.1, 0.15) is 17.2 Å². The Hall–Kier alpha value is -5.51. The van der Waals surface area contributed by atoms with Gasteiger partial charge in [-0.25, -0.2) is 0 Å². The summed E-state index contributed by atoms with van der Waals surface area (Å²) in [5.41, 5.74) is 4.46. The van der Waals surface area contributed by atoms with Crippen molar-refractivity contribution in [3.05, 3.63) is 123 Å². The van der Waals surface area contributed by atoms with Crippen molar-refractivity contribution in [1.82, 2.24) is 0 Å². The summed E-state index contributed by atoms with van der Waals surface area (Å²) in [6, 6.07) is 26.3. The Labute approximate surface area is 306 Å². The van der Waals surface area contributed by atoms with Crippen molar-refractivity contribution in [3.8, 4) is 11.5 Å². The van der Waals surface area contributed by atoms with Crippen LogP contribution in [0.5, 0.6) is 11.5 Å². The second kappa shape index (κ2) is 15.4. The van der Waals surface area contributed by atoms with Gasteiger partial charge in [-0.1, -0.05) is 90.4 Å². The first-order valence-corrected chi connectivity index (χ1v) is 17.8. The Bertz CT molecular complexity index is 1970. The normalized spacial score (nSPS) is 15.2. The van der Waals surface area contributed by atoms with E-state index in [1.807, 2.05) is 32.0 Å². The monoisotopic (exact) mass is 704 g/mol. The van der Waals surface area contributed by atoms with Crippen molar-refractivity contribution in [2.45, 2.75) is 97.7 Å². The highest BCUT2D eigenvalue weighted by Crippen LogP contribution is 2.39. The Balaban J connectivity index is 1.46. The van der Waals surface area contributed by atoms with Gasteiger partial charge in [0.2, 0.25) is 6.10 Å². The van der Waals surface area contributed by atoms with Gasteiger partial charge in [0.25, 0.3) is 17.5 Å². The maximum absolute atomic E-state index is 14.1. The van der Waals surface area contributed by atoms with Gasteiger partial charge in [0.15, 0.2) is 6.10 Å². The van der Waals surface area contributed by atoms with Crippen LogP contribution in [-0.4, -0.2) is 34.7 Å². The molecule has 2 unspecified atom stereocenters. The summed E-state index contributed by atoms with van der Waals surface area (Å²) in [5, 5.41) is 20.2. The third kappa shape index (κ3) is 8.01. The molecule has 5 rings (SSSR count). The van der Waals surface area contributed by atoms with Crippen LogP contribution in [0, 0.1) is 17.0 Å². The number of hydrogen-bond acceptors (Lipinski definition) is 7. The molecule has 4 aromatic carbocycles. The van der Waals surface area contributed by atoms with Crippen molar-refractivity contribution in [1.29, 1.82) is 0 Å². The maximum Gasteiger partial charge on any atom is 0.294 e. The number of hydrogen-bond donors (Lipinski definition) is 1. The number of nitro benzene ring substituents is 1. The highest BCUT2D eigenvalue weighted by atomic mass is 16.6. The zero-order valence-electron chi connectivity index (χ0n) is 31.2. The number of ether oxygens (including phenoxy) is 2. The molecule has 0 saturated carbocycles. The number of rotatable bonds is 14. The number of aryl methyl sites for hydroxylation is 1. The summed E-state index contributed by atoms with van der Waals surface area (Å²) in [7, 11) is 0. The summed E-state index contributed by atoms with van der Waals surface area (Å²) in [6.07, 6.45) is 0.295. The lowest BCUT2D eigenvalue weighted by Gasteiger charge is -2.31. The van der Waals surface area contributed by atoms with Gasteiger partial charge in [-0.3, -0.25) is 19.7 Å². The molecule has 1 N–H and O–H groups in total. The summed E-state index contributed by atoms with van der Waals surface area (Å²) < 4.78 is 12.7. The Morgan fingerprint density at radius 3 is 2.19 bits per heavy atom. The molecule has 1 heterocycles. The first-order valence-electron chi connectivity index (χ1n) is 17.8. The predicted molar refractivity (Wildman–Crippen MR) is 206 cm³/mol. The molecule has 52 heavy (non-hydrogen) atoms. The first kappa shape index (κ1) is 37.7. The molecule has 10 nitrogen and oxygen atoms in total. The summed E-state index contributed by atoms with van der Waals surface area (Å²) in [6.45, 7) is 17.0. The average molecular weight is 705 g/mol. The number of nitro groups is 1. The van der Waals surface area contributed by atoms with E-state index in [0.29, 0.717) is 34.9 Å². The summed E-state index contributed by atoms with van der Waals surface area (Å²) in [4.78, 5) is 38.9. The largest absolute Gasteiger partial charge is 0.480 e. The van der Waals surface area contributed by atoms with E-state index in [0.717, 1.165) is 24.0 Å². The van der Waals surface area contributed by atoms with E-state index in [1.54, 1.807) is 48.5 Å². The van der Waals surface area contributed by atoms with Gasteiger partial charge in [0.05, 0.1) is 16.3 Å². The fraction of sp³-hybridized carbons (Fsp3) is 0.357. The van der Waals surface area contributed by atoms with Gasteiger partial charge in [0, 0.05) is 23.3 Å². The Morgan fingerprint density at radius 1 is 0.923 bits per heavy atom. The van der Waals surface area contributed by atoms with Gasteiger partial charge >= 0.3 is 0 Å². The highest BCUT2D eigenvalue weighted by Gasteiger charge is 2.41. The predicted octanol–water partition coefficient (Wildman–Crippen LogP) is 9.27. The third-order valence-corrected chi connectivity index (χ3v) is 10.1. The van der Waals surface area contributed by atoms with Crippen molar-refractivity contribution in [3.63, 3.8) is 0 Å². The molecule has 1 aliphatic heterocycles. The van der Waals surface area contributed by atoms with Crippen LogP contribution >= 0.6 is 0 Å². The highest BCUT2D eigenvalue weighted by molar-refractivity contribution is 6.24. The summed E-state index contributed by atoms with van der Waals surface area (Å²) in [5.74, 6) is 0.273. The number of carbonyl (C=O) groups excluding carboxylic acids is 2. The van der Waals surface area contributed by atoms with Crippen LogP contribution in [0.15, 0.2) is 96.1 Å². The number of benzene rings is 4. The van der Waals surface area contributed by atoms with E-state index in [4.69, 9.17) is 9.47 Å². The molecular formula is C42H48N4O6. The zero-order valence-corrected chi connectivity index (χ0v) is 31.2. The lowest BCUT2D eigenvalue weighted by molar-refractivity contribution is -0.384. The lowest BCUT2D eigenvalue weighted by atomic mass is 9.76. The molecule has 272 valence electrons. The van der Waals surface area contributed by atoms with Crippen LogP contribution in [0.2, 0.25) is 0 Å². The van der Waals surface area contributed by atoms with Gasteiger partial charge in [-0.2, -0.15) is 10.1 Å². The van der Waals surface area contributed by atoms with E-state index in [9.17, 15) is 19.7 Å². The molecule has 2 atom stereocenters.